The summed E-state index contributed by atoms with van der Waals surface area (Å²) in [4.78, 5) is 4.75. The summed E-state index contributed by atoms with van der Waals surface area (Å²) in [6, 6.07) is 16.6. The van der Waals surface area contributed by atoms with Gasteiger partial charge in [0.2, 0.25) is 5.82 Å². The summed E-state index contributed by atoms with van der Waals surface area (Å²) in [6.45, 7) is 5.08. The first-order chi connectivity index (χ1) is 14.7. The van der Waals surface area contributed by atoms with Gasteiger partial charge in [-0.15, -0.1) is 10.2 Å². The van der Waals surface area contributed by atoms with E-state index in [0.717, 1.165) is 46.9 Å². The van der Waals surface area contributed by atoms with E-state index in [4.69, 9.17) is 10.1 Å². The summed E-state index contributed by atoms with van der Waals surface area (Å²) in [5.74, 6) is 3.62. The Labute approximate surface area is 181 Å². The maximum Gasteiger partial charge on any atom is 0.205 e. The molecule has 1 N–H and O–H groups in total. The fraction of sp³-hybridized carbons (Fsp3) is 0.318. The lowest BCUT2D eigenvalue weighted by atomic mass is 9.98. The predicted octanol–water partition coefficient (Wildman–Crippen LogP) is 4.16. The molecular formula is C22H25N7S. The lowest BCUT2D eigenvalue weighted by Crippen LogP contribution is -2.09. The Kier molecular flexibility index (Phi) is 6.23. The molecule has 0 saturated heterocycles. The molecule has 0 saturated carbocycles. The van der Waals surface area contributed by atoms with Crippen molar-refractivity contribution >= 4 is 12.6 Å². The number of nitrogens with one attached hydrogen (secondary N) is 1. The van der Waals surface area contributed by atoms with Crippen LogP contribution in [0.15, 0.2) is 48.5 Å². The quantitative estimate of drug-likeness (QED) is 0.419. The van der Waals surface area contributed by atoms with Crippen molar-refractivity contribution < 1.29 is 0 Å². The van der Waals surface area contributed by atoms with Gasteiger partial charge >= 0.3 is 0 Å². The Bertz CT molecular complexity index is 1090. The van der Waals surface area contributed by atoms with Crippen molar-refractivity contribution in [1.29, 1.82) is 0 Å². The molecule has 0 aliphatic rings. The third kappa shape index (κ3) is 4.28. The van der Waals surface area contributed by atoms with Crippen molar-refractivity contribution in [2.75, 3.05) is 5.75 Å². The first-order valence-corrected chi connectivity index (χ1v) is 10.8. The van der Waals surface area contributed by atoms with Crippen LogP contribution >= 0.6 is 12.6 Å². The first-order valence-electron chi connectivity index (χ1n) is 10.2. The van der Waals surface area contributed by atoms with Gasteiger partial charge in [0.1, 0.15) is 5.82 Å². The second-order valence-electron chi connectivity index (χ2n) is 7.30. The third-order valence-electron chi connectivity index (χ3n) is 5.24. The van der Waals surface area contributed by atoms with Crippen LogP contribution in [0.1, 0.15) is 43.4 Å². The van der Waals surface area contributed by atoms with Crippen LogP contribution < -0.4 is 0 Å². The van der Waals surface area contributed by atoms with Gasteiger partial charge in [0.25, 0.3) is 0 Å². The van der Waals surface area contributed by atoms with E-state index >= 15 is 0 Å². The molecule has 4 rings (SSSR count). The average molecular weight is 420 g/mol. The minimum Gasteiger partial charge on any atom is -0.245 e. The van der Waals surface area contributed by atoms with Gasteiger partial charge in [0.05, 0.1) is 6.54 Å². The average Bonchev–Trinajstić information content (AvgIpc) is 3.45. The standard InChI is InChI=1S/C22H25N7S/c1-3-15(2)22-23-20(12-13-30)26-29(22)14-16-8-10-17(11-9-16)18-6-4-5-7-19(18)21-24-27-28-25-21/h4-11,15,30H,3,12-14H2,1-2H3,(H,24,25,27,28). The topological polar surface area (TPSA) is 85.2 Å². The molecule has 0 aliphatic carbocycles. The number of hydrogen-bond acceptors (Lipinski definition) is 6. The van der Waals surface area contributed by atoms with Gasteiger partial charge in [-0.05, 0) is 34.1 Å². The number of nitrogens with zero attached hydrogens (tertiary/aromatic N) is 6. The second kappa shape index (κ2) is 9.21. The van der Waals surface area contributed by atoms with Crippen LogP contribution in [-0.2, 0) is 13.0 Å². The van der Waals surface area contributed by atoms with Crippen LogP contribution in [-0.4, -0.2) is 41.1 Å². The molecule has 0 aliphatic heterocycles. The van der Waals surface area contributed by atoms with Crippen LogP contribution in [0.25, 0.3) is 22.5 Å². The van der Waals surface area contributed by atoms with E-state index in [9.17, 15) is 0 Å². The molecule has 0 fully saturated rings. The van der Waals surface area contributed by atoms with E-state index < -0.39 is 0 Å². The molecule has 1 atom stereocenters. The zero-order chi connectivity index (χ0) is 20.9. The largest absolute Gasteiger partial charge is 0.245 e. The third-order valence-corrected chi connectivity index (χ3v) is 5.47. The molecule has 8 heteroatoms. The smallest absolute Gasteiger partial charge is 0.205 e. The van der Waals surface area contributed by atoms with Crippen molar-refractivity contribution in [2.24, 2.45) is 0 Å². The van der Waals surface area contributed by atoms with E-state index in [1.54, 1.807) is 0 Å². The highest BCUT2D eigenvalue weighted by Gasteiger charge is 2.16. The molecule has 2 heterocycles. The fourth-order valence-electron chi connectivity index (χ4n) is 3.44. The highest BCUT2D eigenvalue weighted by Crippen LogP contribution is 2.30. The van der Waals surface area contributed by atoms with Gasteiger partial charge in [-0.2, -0.15) is 22.9 Å². The Morgan fingerprint density at radius 3 is 2.50 bits per heavy atom. The summed E-state index contributed by atoms with van der Waals surface area (Å²) in [5, 5.41) is 19.2. The van der Waals surface area contributed by atoms with Gasteiger partial charge < -0.3 is 0 Å². The Morgan fingerprint density at radius 2 is 1.83 bits per heavy atom. The number of aromatic amines is 1. The fourth-order valence-corrected chi connectivity index (χ4v) is 3.64. The number of aryl methyl sites for hydroxylation is 1. The summed E-state index contributed by atoms with van der Waals surface area (Å²) >= 11 is 4.32. The van der Waals surface area contributed by atoms with E-state index in [2.05, 4.69) is 77.4 Å². The highest BCUT2D eigenvalue weighted by atomic mass is 32.1. The van der Waals surface area contributed by atoms with Gasteiger partial charge in [-0.25, -0.2) is 9.67 Å². The summed E-state index contributed by atoms with van der Waals surface area (Å²) in [5.41, 5.74) is 4.31. The number of rotatable bonds is 8. The molecule has 154 valence electrons. The summed E-state index contributed by atoms with van der Waals surface area (Å²) < 4.78 is 2.04. The number of aromatic nitrogens is 7. The van der Waals surface area contributed by atoms with Crippen LogP contribution in [0.3, 0.4) is 0 Å². The maximum atomic E-state index is 4.75. The molecule has 2 aromatic heterocycles. The van der Waals surface area contributed by atoms with Crippen LogP contribution in [0, 0.1) is 0 Å². The number of hydrogen-bond donors (Lipinski definition) is 2. The van der Waals surface area contributed by atoms with Crippen LogP contribution in [0.5, 0.6) is 0 Å². The van der Waals surface area contributed by atoms with Crippen LogP contribution in [0.2, 0.25) is 0 Å². The van der Waals surface area contributed by atoms with Crippen molar-refractivity contribution in [3.63, 3.8) is 0 Å². The van der Waals surface area contributed by atoms with Crippen molar-refractivity contribution in [3.05, 3.63) is 65.7 Å². The Hall–Kier alpha value is -3.00. The number of H-pyrrole nitrogens is 1. The predicted molar refractivity (Wildman–Crippen MR) is 120 cm³/mol. The Morgan fingerprint density at radius 1 is 1.07 bits per heavy atom. The number of benzene rings is 2. The van der Waals surface area contributed by atoms with Crippen LogP contribution in [0.4, 0.5) is 0 Å². The SMILES string of the molecule is CCC(C)c1nc(CCS)nn1Cc1ccc(-c2ccccc2-c2nn[nH]n2)cc1. The van der Waals surface area contributed by atoms with Gasteiger partial charge in [-0.3, -0.25) is 0 Å². The second-order valence-corrected chi connectivity index (χ2v) is 7.75. The van der Waals surface area contributed by atoms with Gasteiger partial charge in [0.15, 0.2) is 5.82 Å². The number of thiol groups is 1. The minimum atomic E-state index is 0.368. The molecule has 0 bridgehead atoms. The monoisotopic (exact) mass is 419 g/mol. The highest BCUT2D eigenvalue weighted by molar-refractivity contribution is 7.80. The van der Waals surface area contributed by atoms with Crippen molar-refractivity contribution in [2.45, 2.75) is 39.2 Å². The lowest BCUT2D eigenvalue weighted by Gasteiger charge is -2.11. The van der Waals surface area contributed by atoms with E-state index in [1.165, 1.54) is 5.56 Å². The van der Waals surface area contributed by atoms with Gasteiger partial charge in [-0.1, -0.05) is 62.4 Å². The van der Waals surface area contributed by atoms with E-state index in [1.807, 2.05) is 22.9 Å². The van der Waals surface area contributed by atoms with Gasteiger partial charge in [0, 0.05) is 17.9 Å². The summed E-state index contributed by atoms with van der Waals surface area (Å²) in [6.07, 6.45) is 1.82. The zero-order valence-electron chi connectivity index (χ0n) is 17.2. The molecule has 0 radical (unpaired) electrons. The number of tetrazole rings is 1. The summed E-state index contributed by atoms with van der Waals surface area (Å²) in [7, 11) is 0. The van der Waals surface area contributed by atoms with Crippen molar-refractivity contribution in [3.8, 4) is 22.5 Å². The molecule has 1 unspecified atom stereocenters. The molecule has 4 aromatic rings. The molecule has 7 nitrogen and oxygen atoms in total. The molecule has 2 aromatic carbocycles. The normalized spacial score (nSPS) is 12.2. The lowest BCUT2D eigenvalue weighted by molar-refractivity contribution is 0.575. The molecule has 30 heavy (non-hydrogen) atoms. The van der Waals surface area contributed by atoms with E-state index in [-0.39, 0.29) is 0 Å². The molecular weight excluding hydrogens is 394 g/mol. The Balaban J connectivity index is 1.60. The molecule has 0 amide bonds. The van der Waals surface area contributed by atoms with E-state index in [0.29, 0.717) is 18.3 Å². The van der Waals surface area contributed by atoms with Crippen molar-refractivity contribution in [1.82, 2.24) is 35.4 Å². The minimum absolute atomic E-state index is 0.368. The zero-order valence-corrected chi connectivity index (χ0v) is 18.0. The maximum absolute atomic E-state index is 4.75. The first kappa shape index (κ1) is 20.3. The molecule has 0 spiro atoms.